The van der Waals surface area contributed by atoms with Crippen molar-refractivity contribution in [1.29, 1.82) is 0 Å². The van der Waals surface area contributed by atoms with Gasteiger partial charge >= 0.3 is 0 Å². The Kier molecular flexibility index (Phi) is 5.91. The summed E-state index contributed by atoms with van der Waals surface area (Å²) in [6, 6.07) is 20.9. The molecule has 0 bridgehead atoms. The molecule has 0 saturated carbocycles. The van der Waals surface area contributed by atoms with Crippen molar-refractivity contribution in [2.45, 2.75) is 44.7 Å². The third-order valence-electron chi connectivity index (χ3n) is 6.37. The Balaban J connectivity index is 1.62. The van der Waals surface area contributed by atoms with Gasteiger partial charge in [-0.2, -0.15) is 0 Å². The summed E-state index contributed by atoms with van der Waals surface area (Å²) in [7, 11) is 0. The van der Waals surface area contributed by atoms with E-state index in [1.54, 1.807) is 0 Å². The Morgan fingerprint density at radius 1 is 0.633 bits per heavy atom. The maximum absolute atomic E-state index is 5.18. The fraction of sp³-hybridized carbons (Fsp3) is 0.440. The van der Waals surface area contributed by atoms with Crippen LogP contribution >= 0.6 is 0 Å². The van der Waals surface area contributed by atoms with Crippen molar-refractivity contribution in [3.05, 3.63) is 66.5 Å². The van der Waals surface area contributed by atoms with Gasteiger partial charge in [0.2, 0.25) is 0 Å². The third kappa shape index (κ3) is 4.05. The van der Waals surface area contributed by atoms with Crippen molar-refractivity contribution < 1.29 is 0 Å². The van der Waals surface area contributed by atoms with E-state index in [0.717, 1.165) is 49.1 Å². The van der Waals surface area contributed by atoms with Crippen LogP contribution in [0.2, 0.25) is 0 Å². The topological polar surface area (TPSA) is 37.2 Å². The van der Waals surface area contributed by atoms with Crippen LogP contribution in [0.5, 0.6) is 0 Å². The molecule has 30 heavy (non-hydrogen) atoms. The van der Waals surface area contributed by atoms with Crippen LogP contribution in [0, 0.1) is 0 Å². The van der Waals surface area contributed by atoms with E-state index in [0.29, 0.717) is 0 Å². The molecular weight excluding hydrogens is 370 g/mol. The summed E-state index contributed by atoms with van der Waals surface area (Å²) in [5, 5.41) is 5.01. The minimum atomic E-state index is 0.191. The van der Waals surface area contributed by atoms with Gasteiger partial charge in [0, 0.05) is 31.7 Å². The number of benzene rings is 2. The first-order valence-electron chi connectivity index (χ1n) is 11.5. The van der Waals surface area contributed by atoms with E-state index in [1.165, 1.54) is 38.5 Å². The van der Waals surface area contributed by atoms with Crippen molar-refractivity contribution in [2.75, 3.05) is 26.2 Å². The highest BCUT2D eigenvalue weighted by Gasteiger charge is 2.33. The Morgan fingerprint density at radius 3 is 1.73 bits per heavy atom. The highest BCUT2D eigenvalue weighted by molar-refractivity contribution is 5.55. The minimum absolute atomic E-state index is 0.191. The molecule has 0 N–H and O–H groups in total. The van der Waals surface area contributed by atoms with E-state index in [9.17, 15) is 0 Å². The molecule has 0 spiro atoms. The first kappa shape index (κ1) is 19.5. The van der Waals surface area contributed by atoms with Gasteiger partial charge in [-0.3, -0.25) is 9.80 Å². The largest absolute Gasteiger partial charge is 0.281 e. The fourth-order valence-electron chi connectivity index (χ4n) is 4.84. The summed E-state index contributed by atoms with van der Waals surface area (Å²) in [6.07, 6.45) is 7.96. The fourth-order valence-corrected chi connectivity index (χ4v) is 4.84. The van der Waals surface area contributed by atoms with Gasteiger partial charge in [0.25, 0.3) is 0 Å². The molecule has 0 aliphatic carbocycles. The lowest BCUT2D eigenvalue weighted by molar-refractivity contribution is 0.00887. The van der Waals surface area contributed by atoms with Crippen LogP contribution < -0.4 is 0 Å². The van der Waals surface area contributed by atoms with E-state index < -0.39 is 0 Å². The second-order valence-corrected chi connectivity index (χ2v) is 8.47. The van der Waals surface area contributed by atoms with Crippen molar-refractivity contribution in [1.82, 2.24) is 24.6 Å². The molecule has 2 aliphatic rings. The SMILES string of the molecule is c1ccc(-c2nc(C(N3CCCCC3)N3CCCCC3)n(-c3ccccc3)n2)cc1. The Bertz CT molecular complexity index is 907. The minimum Gasteiger partial charge on any atom is -0.281 e. The van der Waals surface area contributed by atoms with Gasteiger partial charge in [-0.05, 0) is 37.8 Å². The van der Waals surface area contributed by atoms with Gasteiger partial charge in [-0.25, -0.2) is 9.67 Å². The zero-order chi connectivity index (χ0) is 20.2. The van der Waals surface area contributed by atoms with E-state index in [1.807, 2.05) is 6.07 Å². The molecule has 2 aliphatic heterocycles. The molecule has 5 heteroatoms. The monoisotopic (exact) mass is 401 g/mol. The number of hydrogen-bond donors (Lipinski definition) is 0. The van der Waals surface area contributed by atoms with Crippen molar-refractivity contribution >= 4 is 0 Å². The van der Waals surface area contributed by atoms with Gasteiger partial charge in [0.1, 0.15) is 6.17 Å². The molecule has 0 amide bonds. The molecular formula is C25H31N5. The highest BCUT2D eigenvalue weighted by Crippen LogP contribution is 2.32. The summed E-state index contributed by atoms with van der Waals surface area (Å²) in [5.41, 5.74) is 2.16. The zero-order valence-electron chi connectivity index (χ0n) is 17.7. The zero-order valence-corrected chi connectivity index (χ0v) is 17.7. The molecule has 3 aromatic rings. The van der Waals surface area contributed by atoms with Gasteiger partial charge < -0.3 is 0 Å². The second-order valence-electron chi connectivity index (χ2n) is 8.47. The summed E-state index contributed by atoms with van der Waals surface area (Å²) in [4.78, 5) is 10.5. The standard InChI is InChI=1S/C25H31N5/c1-5-13-21(14-6-1)23-26-24(30(27-23)22-15-7-2-8-16-22)25(28-17-9-3-10-18-28)29-19-11-4-12-20-29/h1-2,5-8,13-16,25H,3-4,9-12,17-20H2. The maximum Gasteiger partial charge on any atom is 0.181 e. The van der Waals surface area contributed by atoms with Crippen LogP contribution in [0.3, 0.4) is 0 Å². The normalized spacial score (nSPS) is 18.7. The van der Waals surface area contributed by atoms with E-state index in [4.69, 9.17) is 10.1 Å². The number of piperidine rings is 2. The number of nitrogens with zero attached hydrogens (tertiary/aromatic N) is 5. The highest BCUT2D eigenvalue weighted by atomic mass is 15.4. The van der Waals surface area contributed by atoms with E-state index in [-0.39, 0.29) is 6.17 Å². The van der Waals surface area contributed by atoms with Gasteiger partial charge in [0.05, 0.1) is 5.69 Å². The quantitative estimate of drug-likeness (QED) is 0.609. The summed E-state index contributed by atoms with van der Waals surface area (Å²) in [5.74, 6) is 1.87. The van der Waals surface area contributed by atoms with Crippen LogP contribution in [0.25, 0.3) is 17.1 Å². The van der Waals surface area contributed by atoms with Gasteiger partial charge in [0.15, 0.2) is 11.6 Å². The Morgan fingerprint density at radius 2 is 1.17 bits per heavy atom. The first-order chi connectivity index (χ1) is 14.9. The van der Waals surface area contributed by atoms with Crippen LogP contribution in [0.4, 0.5) is 0 Å². The van der Waals surface area contributed by atoms with Crippen LogP contribution in [0.15, 0.2) is 60.7 Å². The molecule has 0 radical (unpaired) electrons. The Hall–Kier alpha value is -2.50. The van der Waals surface area contributed by atoms with Gasteiger partial charge in [-0.1, -0.05) is 61.4 Å². The lowest BCUT2D eigenvalue weighted by Gasteiger charge is -2.42. The molecule has 2 fully saturated rings. The van der Waals surface area contributed by atoms with Crippen molar-refractivity contribution in [3.8, 4) is 17.1 Å². The maximum atomic E-state index is 5.18. The van der Waals surface area contributed by atoms with E-state index in [2.05, 4.69) is 69.1 Å². The van der Waals surface area contributed by atoms with Crippen LogP contribution in [-0.2, 0) is 0 Å². The summed E-state index contributed by atoms with van der Waals surface area (Å²) >= 11 is 0. The predicted octanol–water partition coefficient (Wildman–Crippen LogP) is 4.90. The Labute approximate surface area is 179 Å². The number of aromatic nitrogens is 3. The van der Waals surface area contributed by atoms with Crippen molar-refractivity contribution in [2.24, 2.45) is 0 Å². The summed E-state index contributed by atoms with van der Waals surface area (Å²) in [6.45, 7) is 4.57. The second kappa shape index (κ2) is 9.11. The third-order valence-corrected chi connectivity index (χ3v) is 6.37. The lowest BCUT2D eigenvalue weighted by atomic mass is 10.1. The molecule has 2 saturated heterocycles. The average Bonchev–Trinajstić information content (AvgIpc) is 3.27. The van der Waals surface area contributed by atoms with E-state index >= 15 is 0 Å². The molecule has 156 valence electrons. The molecule has 0 unspecified atom stereocenters. The first-order valence-corrected chi connectivity index (χ1v) is 11.5. The predicted molar refractivity (Wildman–Crippen MR) is 120 cm³/mol. The molecule has 3 heterocycles. The van der Waals surface area contributed by atoms with Crippen LogP contribution in [0.1, 0.15) is 50.5 Å². The number of rotatable bonds is 5. The average molecular weight is 402 g/mol. The molecule has 5 rings (SSSR count). The number of likely N-dealkylation sites (tertiary alicyclic amines) is 2. The number of hydrogen-bond acceptors (Lipinski definition) is 4. The molecule has 1 aromatic heterocycles. The van der Waals surface area contributed by atoms with Gasteiger partial charge in [-0.15, -0.1) is 5.10 Å². The van der Waals surface area contributed by atoms with Crippen LogP contribution in [-0.4, -0.2) is 50.7 Å². The lowest BCUT2D eigenvalue weighted by Crippen LogP contribution is -2.47. The smallest absolute Gasteiger partial charge is 0.181 e. The number of para-hydroxylation sites is 1. The summed E-state index contributed by atoms with van der Waals surface area (Å²) < 4.78 is 2.09. The molecule has 5 nitrogen and oxygen atoms in total. The molecule has 2 aromatic carbocycles. The molecule has 0 atom stereocenters. The van der Waals surface area contributed by atoms with Crippen molar-refractivity contribution in [3.63, 3.8) is 0 Å².